The van der Waals surface area contributed by atoms with Crippen molar-refractivity contribution in [1.82, 2.24) is 13.4 Å². The Labute approximate surface area is 161 Å². The summed E-state index contributed by atoms with van der Waals surface area (Å²) in [6, 6.07) is 10.2. The van der Waals surface area contributed by atoms with Gasteiger partial charge in [-0.1, -0.05) is 18.2 Å². The summed E-state index contributed by atoms with van der Waals surface area (Å²) in [5, 5.41) is 0. The number of aryl methyl sites for hydroxylation is 1. The van der Waals surface area contributed by atoms with Gasteiger partial charge in [0.05, 0.1) is 22.5 Å². The quantitative estimate of drug-likeness (QED) is 0.604. The Morgan fingerprint density at radius 2 is 1.61 bits per heavy atom. The molecule has 0 spiro atoms. The molecule has 3 aromatic rings. The molecule has 0 N–H and O–H groups in total. The molecule has 28 heavy (non-hydrogen) atoms. The van der Waals surface area contributed by atoms with Crippen LogP contribution in [0.5, 0.6) is 0 Å². The molecule has 1 aromatic heterocycles. The maximum atomic E-state index is 14.1. The van der Waals surface area contributed by atoms with Gasteiger partial charge in [-0.15, -0.1) is 0 Å². The monoisotopic (exact) mass is 405 g/mol. The molecule has 2 aromatic carbocycles. The van der Waals surface area contributed by atoms with E-state index in [0.717, 1.165) is 8.87 Å². The molecular formula is C19H20FN3O4S. The van der Waals surface area contributed by atoms with E-state index < -0.39 is 27.0 Å². The van der Waals surface area contributed by atoms with Crippen LogP contribution in [-0.4, -0.2) is 36.0 Å². The predicted molar refractivity (Wildman–Crippen MR) is 105 cm³/mol. The highest BCUT2D eigenvalue weighted by atomic mass is 32.2. The molecule has 0 radical (unpaired) electrons. The molecule has 1 heterocycles. The summed E-state index contributed by atoms with van der Waals surface area (Å²) in [4.78, 5) is 25.2. The fourth-order valence-corrected chi connectivity index (χ4v) is 3.96. The normalized spacial score (nSPS) is 12.0. The summed E-state index contributed by atoms with van der Waals surface area (Å²) >= 11 is 0. The summed E-state index contributed by atoms with van der Waals surface area (Å²) in [5.74, 6) is -0.515. The maximum Gasteiger partial charge on any atom is 0.317 e. The number of sulfonamides is 1. The van der Waals surface area contributed by atoms with Gasteiger partial charge in [-0.2, -0.15) is 0 Å². The van der Waals surface area contributed by atoms with Crippen molar-refractivity contribution in [3.8, 4) is 0 Å². The van der Waals surface area contributed by atoms with Crippen molar-refractivity contribution in [3.05, 3.63) is 74.6 Å². The molecule has 3 rings (SSSR count). The van der Waals surface area contributed by atoms with Crippen LogP contribution in [0, 0.1) is 5.82 Å². The third-order valence-electron chi connectivity index (χ3n) is 4.58. The third-order valence-corrected chi connectivity index (χ3v) is 6.39. The standard InChI is InChI=1S/C19H20FN3O4S/c1-4-22-16-10-9-14(28(26,27)21(2)3)11-17(16)23(19(25)18(22)24)12-13-7-5-6-8-15(13)20/h5-11H,4,12H2,1-3H3. The molecule has 9 heteroatoms. The van der Waals surface area contributed by atoms with E-state index in [4.69, 9.17) is 0 Å². The van der Waals surface area contributed by atoms with Crippen molar-refractivity contribution in [2.45, 2.75) is 24.9 Å². The SMILES string of the molecule is CCn1c(=O)c(=O)n(Cc2ccccc2F)c2cc(S(=O)(=O)N(C)C)ccc21. The molecule has 0 aliphatic rings. The Bertz CT molecular complexity index is 1280. The molecule has 0 amide bonds. The third kappa shape index (κ3) is 3.27. The van der Waals surface area contributed by atoms with Gasteiger partial charge in [0.15, 0.2) is 0 Å². The first-order chi connectivity index (χ1) is 13.2. The van der Waals surface area contributed by atoms with Gasteiger partial charge in [0.25, 0.3) is 0 Å². The van der Waals surface area contributed by atoms with Gasteiger partial charge in [0.1, 0.15) is 5.82 Å². The van der Waals surface area contributed by atoms with Crippen molar-refractivity contribution < 1.29 is 12.8 Å². The molecule has 148 valence electrons. The molecule has 0 fully saturated rings. The van der Waals surface area contributed by atoms with Gasteiger partial charge in [-0.25, -0.2) is 17.1 Å². The Kier molecular flexibility index (Phi) is 5.22. The van der Waals surface area contributed by atoms with Gasteiger partial charge >= 0.3 is 11.1 Å². The second-order valence-electron chi connectivity index (χ2n) is 6.47. The van der Waals surface area contributed by atoms with E-state index in [-0.39, 0.29) is 29.1 Å². The number of hydrogen-bond acceptors (Lipinski definition) is 4. The first-order valence-electron chi connectivity index (χ1n) is 8.61. The predicted octanol–water partition coefficient (Wildman–Crippen LogP) is 1.62. The Morgan fingerprint density at radius 1 is 0.964 bits per heavy atom. The molecule has 0 bridgehead atoms. The number of benzene rings is 2. The lowest BCUT2D eigenvalue weighted by Crippen LogP contribution is -2.41. The van der Waals surface area contributed by atoms with Gasteiger partial charge < -0.3 is 4.57 Å². The van der Waals surface area contributed by atoms with Crippen molar-refractivity contribution in [2.75, 3.05) is 14.1 Å². The summed E-state index contributed by atoms with van der Waals surface area (Å²) in [5.41, 5.74) is -0.703. The van der Waals surface area contributed by atoms with Gasteiger partial charge in [0.2, 0.25) is 10.0 Å². The number of fused-ring (bicyclic) bond motifs is 1. The lowest BCUT2D eigenvalue weighted by atomic mass is 10.2. The topological polar surface area (TPSA) is 81.4 Å². The highest BCUT2D eigenvalue weighted by Gasteiger charge is 2.20. The Hall–Kier alpha value is -2.78. The lowest BCUT2D eigenvalue weighted by Gasteiger charge is -2.17. The number of halogens is 1. The first-order valence-corrected chi connectivity index (χ1v) is 10.1. The molecule has 0 aliphatic carbocycles. The average Bonchev–Trinajstić information content (AvgIpc) is 2.66. The summed E-state index contributed by atoms with van der Waals surface area (Å²) in [6.07, 6.45) is 0. The van der Waals surface area contributed by atoms with Crippen LogP contribution in [0.2, 0.25) is 0 Å². The van der Waals surface area contributed by atoms with Crippen LogP contribution in [0.3, 0.4) is 0 Å². The number of hydrogen-bond donors (Lipinski definition) is 0. The Balaban J connectivity index is 2.38. The van der Waals surface area contributed by atoms with E-state index >= 15 is 0 Å². The molecule has 0 saturated heterocycles. The maximum absolute atomic E-state index is 14.1. The first kappa shape index (κ1) is 20.0. The van der Waals surface area contributed by atoms with Crippen molar-refractivity contribution in [2.24, 2.45) is 0 Å². The highest BCUT2D eigenvalue weighted by molar-refractivity contribution is 7.89. The van der Waals surface area contributed by atoms with Crippen LogP contribution in [0.25, 0.3) is 11.0 Å². The molecule has 0 atom stereocenters. The van der Waals surface area contributed by atoms with E-state index in [9.17, 15) is 22.4 Å². The summed E-state index contributed by atoms with van der Waals surface area (Å²) < 4.78 is 42.6. The van der Waals surface area contributed by atoms with Crippen LogP contribution < -0.4 is 11.1 Å². The van der Waals surface area contributed by atoms with E-state index in [1.165, 1.54) is 55.1 Å². The number of rotatable bonds is 5. The largest absolute Gasteiger partial charge is 0.317 e. The van der Waals surface area contributed by atoms with Crippen LogP contribution >= 0.6 is 0 Å². The van der Waals surface area contributed by atoms with Crippen LogP contribution in [0.15, 0.2) is 56.9 Å². The van der Waals surface area contributed by atoms with Crippen molar-refractivity contribution in [3.63, 3.8) is 0 Å². The average molecular weight is 405 g/mol. The molecule has 0 aliphatic heterocycles. The van der Waals surface area contributed by atoms with Gasteiger partial charge in [0, 0.05) is 26.2 Å². The molecule has 7 nitrogen and oxygen atoms in total. The lowest BCUT2D eigenvalue weighted by molar-refractivity contribution is 0.520. The van der Waals surface area contributed by atoms with E-state index in [1.807, 2.05) is 0 Å². The highest BCUT2D eigenvalue weighted by Crippen LogP contribution is 2.20. The van der Waals surface area contributed by atoms with E-state index in [0.29, 0.717) is 5.52 Å². The number of aromatic nitrogens is 2. The van der Waals surface area contributed by atoms with Crippen LogP contribution in [-0.2, 0) is 23.1 Å². The minimum atomic E-state index is -3.75. The van der Waals surface area contributed by atoms with Gasteiger partial charge in [-0.3, -0.25) is 14.2 Å². The van der Waals surface area contributed by atoms with Crippen molar-refractivity contribution >= 4 is 21.1 Å². The van der Waals surface area contributed by atoms with Crippen LogP contribution in [0.4, 0.5) is 4.39 Å². The minimum absolute atomic E-state index is 0.0204. The number of nitrogens with zero attached hydrogens (tertiary/aromatic N) is 3. The Morgan fingerprint density at radius 3 is 2.21 bits per heavy atom. The summed E-state index contributed by atoms with van der Waals surface area (Å²) in [6.45, 7) is 1.77. The zero-order chi connectivity index (χ0) is 20.6. The van der Waals surface area contributed by atoms with Crippen molar-refractivity contribution in [1.29, 1.82) is 0 Å². The second-order valence-corrected chi connectivity index (χ2v) is 8.62. The van der Waals surface area contributed by atoms with Crippen LogP contribution in [0.1, 0.15) is 12.5 Å². The summed E-state index contributed by atoms with van der Waals surface area (Å²) in [7, 11) is -0.949. The molecule has 0 saturated carbocycles. The smallest absolute Gasteiger partial charge is 0.302 e. The zero-order valence-electron chi connectivity index (χ0n) is 15.7. The van der Waals surface area contributed by atoms with E-state index in [2.05, 4.69) is 0 Å². The molecular weight excluding hydrogens is 385 g/mol. The van der Waals surface area contributed by atoms with E-state index in [1.54, 1.807) is 13.0 Å². The van der Waals surface area contributed by atoms with Gasteiger partial charge in [-0.05, 0) is 31.2 Å². The fraction of sp³-hybridized carbons (Fsp3) is 0.263. The second kappa shape index (κ2) is 7.33. The minimum Gasteiger partial charge on any atom is -0.302 e. The zero-order valence-corrected chi connectivity index (χ0v) is 16.5. The fourth-order valence-electron chi connectivity index (χ4n) is 3.04. The molecule has 0 unspecified atom stereocenters.